The first-order valence-corrected chi connectivity index (χ1v) is 8.53. The summed E-state index contributed by atoms with van der Waals surface area (Å²) in [5.41, 5.74) is 1.01. The molecule has 6 heteroatoms. The zero-order chi connectivity index (χ0) is 17.4. The average molecular weight is 408 g/mol. The Bertz CT molecular complexity index is 732. The van der Waals surface area contributed by atoms with Crippen LogP contribution in [0, 0.1) is 11.3 Å². The lowest BCUT2D eigenvalue weighted by Gasteiger charge is -2.22. The van der Waals surface area contributed by atoms with Gasteiger partial charge in [0.2, 0.25) is 0 Å². The molecule has 2 aromatic carbocycles. The van der Waals surface area contributed by atoms with E-state index in [4.69, 9.17) is 21.6 Å². The van der Waals surface area contributed by atoms with E-state index in [1.807, 2.05) is 30.3 Å². The molecule has 0 fully saturated rings. The fourth-order valence-electron chi connectivity index (χ4n) is 2.10. The van der Waals surface area contributed by atoms with E-state index in [9.17, 15) is 4.79 Å². The second-order valence-electron chi connectivity index (χ2n) is 5.07. The van der Waals surface area contributed by atoms with Gasteiger partial charge in [0.1, 0.15) is 5.75 Å². The van der Waals surface area contributed by atoms with Crippen LogP contribution in [0.15, 0.2) is 53.0 Å². The van der Waals surface area contributed by atoms with Crippen molar-refractivity contribution in [3.05, 3.63) is 63.6 Å². The van der Waals surface area contributed by atoms with Gasteiger partial charge in [-0.2, -0.15) is 5.26 Å². The van der Waals surface area contributed by atoms with E-state index in [0.717, 1.165) is 10.0 Å². The maximum Gasteiger partial charge on any atom is 0.260 e. The van der Waals surface area contributed by atoms with Crippen molar-refractivity contribution < 1.29 is 9.53 Å². The minimum absolute atomic E-state index is 0.125. The topological polar surface area (TPSA) is 53.3 Å². The van der Waals surface area contributed by atoms with Gasteiger partial charge in [-0.3, -0.25) is 4.79 Å². The second kappa shape index (κ2) is 9.31. The van der Waals surface area contributed by atoms with Gasteiger partial charge in [-0.05, 0) is 23.8 Å². The maximum atomic E-state index is 12.4. The number of carbonyl (C=O) groups excluding carboxylic acids is 1. The highest BCUT2D eigenvalue weighted by molar-refractivity contribution is 9.10. The summed E-state index contributed by atoms with van der Waals surface area (Å²) < 4.78 is 6.36. The third-order valence-corrected chi connectivity index (χ3v) is 4.10. The lowest BCUT2D eigenvalue weighted by molar-refractivity contribution is -0.133. The Hall–Kier alpha value is -2.03. The molecule has 0 spiro atoms. The first-order valence-electron chi connectivity index (χ1n) is 7.36. The van der Waals surface area contributed by atoms with E-state index in [1.165, 1.54) is 0 Å². The van der Waals surface area contributed by atoms with E-state index in [-0.39, 0.29) is 18.9 Å². The zero-order valence-corrected chi connectivity index (χ0v) is 15.3. The first-order chi connectivity index (χ1) is 11.6. The van der Waals surface area contributed by atoms with Crippen molar-refractivity contribution in [3.8, 4) is 11.8 Å². The molecule has 4 nitrogen and oxygen atoms in total. The van der Waals surface area contributed by atoms with E-state index >= 15 is 0 Å². The van der Waals surface area contributed by atoms with Crippen molar-refractivity contribution in [1.82, 2.24) is 4.90 Å². The van der Waals surface area contributed by atoms with Crippen LogP contribution in [0.1, 0.15) is 12.0 Å². The Balaban J connectivity index is 2.00. The smallest absolute Gasteiger partial charge is 0.260 e. The third kappa shape index (κ3) is 5.55. The van der Waals surface area contributed by atoms with Gasteiger partial charge in [0.15, 0.2) is 6.61 Å². The summed E-state index contributed by atoms with van der Waals surface area (Å²) in [4.78, 5) is 14.1. The normalized spacial score (nSPS) is 10.0. The highest BCUT2D eigenvalue weighted by atomic mass is 79.9. The molecule has 0 aliphatic heterocycles. The van der Waals surface area contributed by atoms with Crippen LogP contribution >= 0.6 is 27.5 Å². The minimum Gasteiger partial charge on any atom is -0.482 e. The van der Waals surface area contributed by atoms with Crippen LogP contribution in [0.25, 0.3) is 0 Å². The molecule has 0 bridgehead atoms. The molecular formula is C18H16BrClN2O2. The van der Waals surface area contributed by atoms with Crippen molar-refractivity contribution in [2.24, 2.45) is 0 Å². The summed E-state index contributed by atoms with van der Waals surface area (Å²) in [5.74, 6) is 0.265. The Morgan fingerprint density at radius 2 is 2.00 bits per heavy atom. The monoisotopic (exact) mass is 406 g/mol. The van der Waals surface area contributed by atoms with Crippen molar-refractivity contribution >= 4 is 33.4 Å². The van der Waals surface area contributed by atoms with E-state index in [0.29, 0.717) is 23.9 Å². The molecule has 0 N–H and O–H groups in total. The fraction of sp³-hybridized carbons (Fsp3) is 0.222. The van der Waals surface area contributed by atoms with Gasteiger partial charge in [0, 0.05) is 17.6 Å². The van der Waals surface area contributed by atoms with Crippen molar-refractivity contribution in [2.45, 2.75) is 13.0 Å². The predicted octanol–water partition coefficient (Wildman–Crippen LogP) is 4.42. The summed E-state index contributed by atoms with van der Waals surface area (Å²) >= 11 is 9.40. The third-order valence-electron chi connectivity index (χ3n) is 3.31. The average Bonchev–Trinajstić information content (AvgIpc) is 2.58. The van der Waals surface area contributed by atoms with E-state index < -0.39 is 0 Å². The molecule has 0 saturated carbocycles. The van der Waals surface area contributed by atoms with Crippen molar-refractivity contribution in [1.29, 1.82) is 5.26 Å². The van der Waals surface area contributed by atoms with Crippen LogP contribution in [0.5, 0.6) is 5.75 Å². The van der Waals surface area contributed by atoms with Crippen LogP contribution in [-0.4, -0.2) is 24.0 Å². The number of hydrogen-bond acceptors (Lipinski definition) is 3. The number of rotatable bonds is 7. The highest BCUT2D eigenvalue weighted by Gasteiger charge is 2.15. The maximum absolute atomic E-state index is 12.4. The predicted molar refractivity (Wildman–Crippen MR) is 96.7 cm³/mol. The molecule has 0 aliphatic rings. The number of nitrogens with zero attached hydrogens (tertiary/aromatic N) is 2. The number of ether oxygens (including phenoxy) is 1. The molecular weight excluding hydrogens is 392 g/mol. The molecule has 0 atom stereocenters. The molecule has 0 radical (unpaired) electrons. The summed E-state index contributed by atoms with van der Waals surface area (Å²) in [6, 6.07) is 16.9. The summed E-state index contributed by atoms with van der Waals surface area (Å²) in [7, 11) is 0. The lowest BCUT2D eigenvalue weighted by atomic mass is 10.2. The number of amides is 1. The standard InChI is InChI=1S/C18H16BrClN2O2/c19-15-7-8-17(16(20)11-15)24-13-18(23)22(10-4-9-21)12-14-5-2-1-3-6-14/h1-3,5-8,11H,4,10,12-13H2. The van der Waals surface area contributed by atoms with E-state index in [1.54, 1.807) is 23.1 Å². The van der Waals surface area contributed by atoms with Crippen LogP contribution in [0.2, 0.25) is 5.02 Å². The highest BCUT2D eigenvalue weighted by Crippen LogP contribution is 2.27. The Kier molecular flexibility index (Phi) is 7.10. The molecule has 0 unspecified atom stereocenters. The van der Waals surface area contributed by atoms with Gasteiger partial charge in [0.25, 0.3) is 5.91 Å². The number of halogens is 2. The number of nitriles is 1. The zero-order valence-electron chi connectivity index (χ0n) is 12.9. The quantitative estimate of drug-likeness (QED) is 0.682. The Labute approximate surface area is 154 Å². The molecule has 0 heterocycles. The fourth-order valence-corrected chi connectivity index (χ4v) is 2.83. The SMILES string of the molecule is N#CCCN(Cc1ccccc1)C(=O)COc1ccc(Br)cc1Cl. The van der Waals surface area contributed by atoms with Crippen molar-refractivity contribution in [3.63, 3.8) is 0 Å². The Morgan fingerprint density at radius 3 is 2.67 bits per heavy atom. The Morgan fingerprint density at radius 1 is 1.25 bits per heavy atom. The van der Waals surface area contributed by atoms with Crippen LogP contribution in [0.4, 0.5) is 0 Å². The number of hydrogen-bond donors (Lipinski definition) is 0. The number of benzene rings is 2. The van der Waals surface area contributed by atoms with Crippen LogP contribution in [0.3, 0.4) is 0 Å². The molecule has 0 saturated heterocycles. The first kappa shape index (κ1) is 18.3. The van der Waals surface area contributed by atoms with Gasteiger partial charge in [-0.15, -0.1) is 0 Å². The molecule has 0 aliphatic carbocycles. The summed E-state index contributed by atoms with van der Waals surface area (Å²) in [6.45, 7) is 0.681. The summed E-state index contributed by atoms with van der Waals surface area (Å²) in [5, 5.41) is 9.23. The second-order valence-corrected chi connectivity index (χ2v) is 6.40. The van der Waals surface area contributed by atoms with Gasteiger partial charge < -0.3 is 9.64 Å². The van der Waals surface area contributed by atoms with Gasteiger partial charge in [-0.1, -0.05) is 57.9 Å². The molecule has 124 valence electrons. The molecule has 24 heavy (non-hydrogen) atoms. The van der Waals surface area contributed by atoms with Gasteiger partial charge in [-0.25, -0.2) is 0 Å². The molecule has 0 aromatic heterocycles. The summed E-state index contributed by atoms with van der Waals surface area (Å²) in [6.07, 6.45) is 0.275. The molecule has 2 aromatic rings. The van der Waals surface area contributed by atoms with Crippen LogP contribution in [-0.2, 0) is 11.3 Å². The van der Waals surface area contributed by atoms with E-state index in [2.05, 4.69) is 22.0 Å². The molecule has 1 amide bonds. The van der Waals surface area contributed by atoms with Gasteiger partial charge in [0.05, 0.1) is 17.5 Å². The molecule has 2 rings (SSSR count). The lowest BCUT2D eigenvalue weighted by Crippen LogP contribution is -2.35. The van der Waals surface area contributed by atoms with Gasteiger partial charge >= 0.3 is 0 Å². The van der Waals surface area contributed by atoms with Crippen molar-refractivity contribution in [2.75, 3.05) is 13.2 Å². The number of carbonyl (C=O) groups is 1. The largest absolute Gasteiger partial charge is 0.482 e. The minimum atomic E-state index is -0.187. The van der Waals surface area contributed by atoms with Crippen LogP contribution < -0.4 is 4.74 Å².